The minimum atomic E-state index is -3.60. The molecule has 6 nitrogen and oxygen atoms in total. The minimum absolute atomic E-state index is 0.128. The second-order valence-electron chi connectivity index (χ2n) is 15.9. The predicted molar refractivity (Wildman–Crippen MR) is 166 cm³/mol. The molecule has 0 bridgehead atoms. The second kappa shape index (κ2) is 11.9. The van der Waals surface area contributed by atoms with Crippen LogP contribution in [0.25, 0.3) is 0 Å². The van der Waals surface area contributed by atoms with E-state index in [0.717, 1.165) is 55.8 Å². The second-order valence-corrected chi connectivity index (χ2v) is 17.9. The van der Waals surface area contributed by atoms with E-state index < -0.39 is 21.3 Å². The average molecular weight is 593 g/mol. The Labute approximate surface area is 251 Å². The van der Waals surface area contributed by atoms with Crippen molar-refractivity contribution in [2.75, 3.05) is 13.6 Å². The fourth-order valence-electron chi connectivity index (χ4n) is 11.8. The maximum atomic E-state index is 12.9. The van der Waals surface area contributed by atoms with Crippen LogP contribution in [0.15, 0.2) is 0 Å². The number of urea groups is 1. The first-order chi connectivity index (χ1) is 19.3. The molecular weight excluding hydrogens is 532 g/mol. The Hall–Kier alpha value is -0.820. The maximum absolute atomic E-state index is 12.9. The predicted octanol–water partition coefficient (Wildman–Crippen LogP) is 7.22. The van der Waals surface area contributed by atoms with Gasteiger partial charge in [-0.05, 0) is 122 Å². The van der Waals surface area contributed by atoms with Crippen LogP contribution in [-0.4, -0.2) is 49.4 Å². The van der Waals surface area contributed by atoms with Crippen molar-refractivity contribution >= 4 is 16.1 Å². The summed E-state index contributed by atoms with van der Waals surface area (Å²) in [5.41, 5.74) is 0.717. The van der Waals surface area contributed by atoms with Gasteiger partial charge in [-0.15, -0.1) is 0 Å². The summed E-state index contributed by atoms with van der Waals surface area (Å²) in [6.45, 7) is 12.9. The lowest BCUT2D eigenvalue weighted by Gasteiger charge is -2.64. The van der Waals surface area contributed by atoms with Crippen molar-refractivity contribution in [3.63, 3.8) is 0 Å². The lowest BCUT2D eigenvalue weighted by molar-refractivity contribution is -0.173. The van der Waals surface area contributed by atoms with Gasteiger partial charge in [0, 0.05) is 13.6 Å². The molecule has 5 aliphatic rings. The highest BCUT2D eigenvalue weighted by atomic mass is 32.2. The molecule has 0 aromatic heterocycles. The minimum Gasteiger partial charge on any atom is -0.393 e. The topological polar surface area (TPSA) is 86.7 Å². The highest BCUT2D eigenvalue weighted by molar-refractivity contribution is 7.90. The van der Waals surface area contributed by atoms with E-state index in [-0.39, 0.29) is 6.10 Å². The van der Waals surface area contributed by atoms with Crippen LogP contribution in [0.4, 0.5) is 4.79 Å². The molecular formula is C34H60N2O4S. The molecule has 5 saturated carbocycles. The van der Waals surface area contributed by atoms with E-state index in [1.54, 1.807) is 11.9 Å². The van der Waals surface area contributed by atoms with E-state index in [4.69, 9.17) is 0 Å². The third-order valence-corrected chi connectivity index (χ3v) is 15.9. The van der Waals surface area contributed by atoms with Crippen LogP contribution in [-0.2, 0) is 10.0 Å². The average Bonchev–Trinajstić information content (AvgIpc) is 3.31. The van der Waals surface area contributed by atoms with Gasteiger partial charge in [-0.1, -0.05) is 60.3 Å². The molecule has 0 radical (unpaired) electrons. The monoisotopic (exact) mass is 592 g/mol. The van der Waals surface area contributed by atoms with Gasteiger partial charge in [-0.25, -0.2) is 17.9 Å². The molecule has 0 aliphatic heterocycles. The highest BCUT2D eigenvalue weighted by Crippen LogP contribution is 2.70. The van der Waals surface area contributed by atoms with Crippen molar-refractivity contribution in [1.82, 2.24) is 9.62 Å². The summed E-state index contributed by atoms with van der Waals surface area (Å²) in [5.74, 6) is 5.33. The lowest BCUT2D eigenvalue weighted by Crippen LogP contribution is -2.59. The van der Waals surface area contributed by atoms with E-state index >= 15 is 0 Å². The molecule has 2 amide bonds. The van der Waals surface area contributed by atoms with Crippen molar-refractivity contribution in [2.24, 2.45) is 58.2 Å². The van der Waals surface area contributed by atoms with Crippen molar-refractivity contribution < 1.29 is 18.3 Å². The molecule has 2 N–H and O–H groups in total. The Bertz CT molecular complexity index is 1040. The standard InChI is InChI=1S/C34H60N2O4S/c1-7-24-21-26-28-14-13-27(33(28,4)18-15-29(26)34(5)19-16-30(37)23(3)31(24)34)22(2)17-20-36(6)32(38)35-41(39,40)25-11-9-8-10-12-25/h22-31,37H,7-21H2,1-6H3,(H,35,38)/t22-,23?,24+,26+,27-,28+,29+,30-,31?,33?,34?/m1/s1. The Morgan fingerprint density at radius 3 is 2.34 bits per heavy atom. The number of aliphatic hydroxyl groups excluding tert-OH is 1. The molecule has 0 aromatic carbocycles. The summed E-state index contributed by atoms with van der Waals surface area (Å²) >= 11 is 0. The Balaban J connectivity index is 1.21. The van der Waals surface area contributed by atoms with E-state index in [9.17, 15) is 18.3 Å². The molecule has 4 unspecified atom stereocenters. The smallest absolute Gasteiger partial charge is 0.330 e. The summed E-state index contributed by atoms with van der Waals surface area (Å²) in [6.07, 6.45) is 15.0. The van der Waals surface area contributed by atoms with Crippen LogP contribution in [0.5, 0.6) is 0 Å². The number of hydrogen-bond acceptors (Lipinski definition) is 4. The van der Waals surface area contributed by atoms with Gasteiger partial charge >= 0.3 is 6.03 Å². The number of sulfonamides is 1. The normalized spacial score (nSPS) is 43.9. The molecule has 11 atom stereocenters. The fraction of sp³-hybridized carbons (Fsp3) is 0.971. The van der Waals surface area contributed by atoms with Crippen molar-refractivity contribution in [3.8, 4) is 0 Å². The van der Waals surface area contributed by atoms with Gasteiger partial charge in [-0.2, -0.15) is 0 Å². The zero-order valence-electron chi connectivity index (χ0n) is 26.9. The van der Waals surface area contributed by atoms with Crippen LogP contribution in [0.1, 0.15) is 125 Å². The number of nitrogens with zero attached hydrogens (tertiary/aromatic N) is 1. The summed E-state index contributed by atoms with van der Waals surface area (Å²) in [4.78, 5) is 14.4. The largest absolute Gasteiger partial charge is 0.393 e. The van der Waals surface area contributed by atoms with Gasteiger partial charge in [0.25, 0.3) is 0 Å². The van der Waals surface area contributed by atoms with Gasteiger partial charge in [0.05, 0.1) is 11.4 Å². The summed E-state index contributed by atoms with van der Waals surface area (Å²) in [6, 6.07) is -0.471. The third kappa shape index (κ3) is 5.62. The number of rotatable bonds is 7. The zero-order valence-corrected chi connectivity index (χ0v) is 27.7. The SMILES string of the molecule is CC[C@H]1C[C@@H]2[C@H](CCC3(C)[C@@H]([C@H](C)CCN(C)C(=O)NS(=O)(=O)C4CCCCC4)CC[C@@H]23)C2(C)CC[C@@H](O)C(C)C12. The highest BCUT2D eigenvalue weighted by Gasteiger charge is 2.63. The van der Waals surface area contributed by atoms with Crippen molar-refractivity contribution in [1.29, 1.82) is 0 Å². The fourth-order valence-corrected chi connectivity index (χ4v) is 13.3. The summed E-state index contributed by atoms with van der Waals surface area (Å²) in [7, 11) is -1.86. The van der Waals surface area contributed by atoms with E-state index in [0.29, 0.717) is 53.9 Å². The van der Waals surface area contributed by atoms with Crippen LogP contribution in [0.3, 0.4) is 0 Å². The van der Waals surface area contributed by atoms with E-state index in [1.807, 2.05) is 0 Å². The number of amides is 2. The third-order valence-electron chi connectivity index (χ3n) is 14.1. The molecule has 0 aromatic rings. The summed E-state index contributed by atoms with van der Waals surface area (Å²) < 4.78 is 28.0. The number of aliphatic hydroxyl groups is 1. The van der Waals surface area contributed by atoms with E-state index in [1.165, 1.54) is 44.9 Å². The van der Waals surface area contributed by atoms with Gasteiger partial charge in [0.15, 0.2) is 0 Å². The number of carbonyl (C=O) groups is 1. The van der Waals surface area contributed by atoms with Crippen LogP contribution >= 0.6 is 0 Å². The maximum Gasteiger partial charge on any atom is 0.330 e. The van der Waals surface area contributed by atoms with Gasteiger partial charge in [0.1, 0.15) is 0 Å². The number of nitrogens with one attached hydrogen (secondary N) is 1. The lowest BCUT2D eigenvalue weighted by atomic mass is 9.41. The quantitative estimate of drug-likeness (QED) is 0.327. The molecule has 5 fully saturated rings. The number of fused-ring (bicyclic) bond motifs is 5. The Morgan fingerprint density at radius 1 is 1.00 bits per heavy atom. The van der Waals surface area contributed by atoms with Crippen molar-refractivity contribution in [3.05, 3.63) is 0 Å². The molecule has 7 heteroatoms. The van der Waals surface area contributed by atoms with Crippen LogP contribution in [0, 0.1) is 58.2 Å². The molecule has 5 aliphatic carbocycles. The molecule has 41 heavy (non-hydrogen) atoms. The first kappa shape index (κ1) is 31.6. The summed E-state index contributed by atoms with van der Waals surface area (Å²) in [5, 5.41) is 10.4. The molecule has 5 rings (SSSR count). The van der Waals surface area contributed by atoms with E-state index in [2.05, 4.69) is 39.3 Å². The van der Waals surface area contributed by atoms with Gasteiger partial charge in [0.2, 0.25) is 10.0 Å². The molecule has 0 heterocycles. The van der Waals surface area contributed by atoms with Gasteiger partial charge in [-0.3, -0.25) is 0 Å². The Kier molecular flexibility index (Phi) is 9.20. The van der Waals surface area contributed by atoms with Gasteiger partial charge < -0.3 is 10.0 Å². The molecule has 0 saturated heterocycles. The van der Waals surface area contributed by atoms with Crippen molar-refractivity contribution in [2.45, 2.75) is 136 Å². The molecule has 236 valence electrons. The first-order valence-electron chi connectivity index (χ1n) is 17.3. The first-order valence-corrected chi connectivity index (χ1v) is 18.8. The number of hydrogen-bond donors (Lipinski definition) is 2. The molecule has 0 spiro atoms. The zero-order chi connectivity index (χ0) is 29.7. The van der Waals surface area contributed by atoms with Crippen LogP contribution < -0.4 is 4.72 Å². The Morgan fingerprint density at radius 2 is 1.66 bits per heavy atom. The number of carbonyl (C=O) groups excluding carboxylic acids is 1. The van der Waals surface area contributed by atoms with Crippen LogP contribution in [0.2, 0.25) is 0 Å².